The van der Waals surface area contributed by atoms with Crippen LogP contribution in [0.4, 0.5) is 5.82 Å². The first-order valence-electron chi connectivity index (χ1n) is 6.94. The summed E-state index contributed by atoms with van der Waals surface area (Å²) in [5.74, 6) is 0.332. The minimum atomic E-state index is -0.197. The van der Waals surface area contributed by atoms with Crippen LogP contribution < -0.4 is 5.43 Å². The van der Waals surface area contributed by atoms with E-state index in [1.165, 1.54) is 0 Å². The number of nitrogens with zero attached hydrogens (tertiary/aromatic N) is 2. The number of hydrogen-bond donors (Lipinski definition) is 2. The molecular weight excluding hydrogens is 356 g/mol. The molecule has 3 aromatic rings. The van der Waals surface area contributed by atoms with Gasteiger partial charge in [-0.15, -0.1) is 0 Å². The summed E-state index contributed by atoms with van der Waals surface area (Å²) in [5, 5.41) is 11.1. The average molecular weight is 369 g/mol. The zero-order chi connectivity index (χ0) is 16.1. The minimum Gasteiger partial charge on any atom is -0.286 e. The summed E-state index contributed by atoms with van der Waals surface area (Å²) < 4.78 is 0.188. The molecule has 1 aromatic heterocycles. The van der Waals surface area contributed by atoms with Gasteiger partial charge in [0.05, 0.1) is 5.69 Å². The van der Waals surface area contributed by atoms with E-state index in [4.69, 9.17) is 0 Å². The van der Waals surface area contributed by atoms with E-state index in [2.05, 4.69) is 36.7 Å². The van der Waals surface area contributed by atoms with E-state index in [-0.39, 0.29) is 10.4 Å². The van der Waals surface area contributed by atoms with Gasteiger partial charge in [0.2, 0.25) is 5.78 Å². The van der Waals surface area contributed by atoms with Crippen LogP contribution in [0.1, 0.15) is 10.4 Å². The Balaban J connectivity index is 1.71. The average Bonchev–Trinajstić information content (AvgIpc) is 3.09. The first kappa shape index (κ1) is 15.2. The van der Waals surface area contributed by atoms with Crippen molar-refractivity contribution in [2.24, 2.45) is 5.10 Å². The van der Waals surface area contributed by atoms with Crippen molar-refractivity contribution < 1.29 is 4.79 Å². The fourth-order valence-corrected chi connectivity index (χ4v) is 2.33. The van der Waals surface area contributed by atoms with Crippen LogP contribution in [0.3, 0.4) is 0 Å². The van der Waals surface area contributed by atoms with Crippen molar-refractivity contribution in [3.05, 3.63) is 72.3 Å². The predicted octanol–water partition coefficient (Wildman–Crippen LogP) is 4.08. The van der Waals surface area contributed by atoms with Crippen LogP contribution in [0.2, 0.25) is 0 Å². The molecule has 1 heterocycles. The molecular formula is C17H13BrN4O. The van der Waals surface area contributed by atoms with Crippen molar-refractivity contribution in [3.8, 4) is 11.3 Å². The lowest BCUT2D eigenvalue weighted by Crippen LogP contribution is -2.09. The summed E-state index contributed by atoms with van der Waals surface area (Å²) in [6.45, 7) is 0. The monoisotopic (exact) mass is 368 g/mol. The molecule has 3 rings (SSSR count). The lowest BCUT2D eigenvalue weighted by atomic mass is 10.1. The third-order valence-electron chi connectivity index (χ3n) is 3.15. The topological polar surface area (TPSA) is 70.1 Å². The van der Waals surface area contributed by atoms with Gasteiger partial charge in [-0.3, -0.25) is 15.3 Å². The number of carbonyl (C=O) groups is 1. The highest BCUT2D eigenvalue weighted by molar-refractivity contribution is 9.19. The van der Waals surface area contributed by atoms with Crippen molar-refractivity contribution in [1.82, 2.24) is 10.2 Å². The highest BCUT2D eigenvalue weighted by atomic mass is 79.9. The third-order valence-corrected chi connectivity index (χ3v) is 3.69. The molecule has 2 aromatic carbocycles. The Morgan fingerprint density at radius 1 is 1.04 bits per heavy atom. The molecule has 0 aliphatic carbocycles. The van der Waals surface area contributed by atoms with Crippen LogP contribution in [0.25, 0.3) is 11.3 Å². The lowest BCUT2D eigenvalue weighted by molar-refractivity contribution is 0.106. The second kappa shape index (κ2) is 7.02. The lowest BCUT2D eigenvalue weighted by Gasteiger charge is -1.99. The van der Waals surface area contributed by atoms with Gasteiger partial charge < -0.3 is 0 Å². The van der Waals surface area contributed by atoms with Crippen LogP contribution in [0.15, 0.2) is 71.8 Å². The van der Waals surface area contributed by atoms with Gasteiger partial charge in [-0.1, -0.05) is 60.7 Å². The summed E-state index contributed by atoms with van der Waals surface area (Å²) in [5.41, 5.74) is 5.22. The fraction of sp³-hybridized carbons (Fsp3) is 0. The van der Waals surface area contributed by atoms with Crippen molar-refractivity contribution in [2.75, 3.05) is 5.43 Å². The Morgan fingerprint density at radius 2 is 1.70 bits per heavy atom. The zero-order valence-corrected chi connectivity index (χ0v) is 13.6. The van der Waals surface area contributed by atoms with E-state index in [0.717, 1.165) is 11.3 Å². The van der Waals surface area contributed by atoms with Crippen molar-refractivity contribution >= 4 is 32.2 Å². The number of hydrazone groups is 1. The molecule has 0 fully saturated rings. The zero-order valence-electron chi connectivity index (χ0n) is 12.0. The summed E-state index contributed by atoms with van der Waals surface area (Å²) in [6, 6.07) is 20.6. The Morgan fingerprint density at radius 3 is 2.39 bits per heavy atom. The van der Waals surface area contributed by atoms with Gasteiger partial charge in [0, 0.05) is 11.6 Å². The van der Waals surface area contributed by atoms with Crippen LogP contribution >= 0.6 is 15.9 Å². The second-order valence-electron chi connectivity index (χ2n) is 4.74. The van der Waals surface area contributed by atoms with Gasteiger partial charge in [0.15, 0.2) is 10.4 Å². The smallest absolute Gasteiger partial charge is 0.220 e. The number of rotatable bonds is 5. The van der Waals surface area contributed by atoms with Crippen LogP contribution in [0.5, 0.6) is 0 Å². The highest BCUT2D eigenvalue weighted by Crippen LogP contribution is 2.19. The van der Waals surface area contributed by atoms with Crippen LogP contribution in [0, 0.1) is 0 Å². The molecule has 0 atom stereocenters. The molecule has 23 heavy (non-hydrogen) atoms. The molecule has 0 spiro atoms. The van der Waals surface area contributed by atoms with E-state index in [9.17, 15) is 4.79 Å². The Kier molecular flexibility index (Phi) is 4.63. The van der Waals surface area contributed by atoms with E-state index in [1.807, 2.05) is 42.5 Å². The first-order chi connectivity index (χ1) is 11.2. The van der Waals surface area contributed by atoms with Gasteiger partial charge in [-0.05, 0) is 21.5 Å². The summed E-state index contributed by atoms with van der Waals surface area (Å²) in [7, 11) is 0. The predicted molar refractivity (Wildman–Crippen MR) is 94.8 cm³/mol. The standard InChI is InChI=1S/C17H13BrN4O/c18-17(16(23)13-9-5-2-6-10-13)22-21-15-11-14(19-20-15)12-7-3-1-4-8-12/h1-11H,(H2,19,20,21)/b22-17-. The van der Waals surface area contributed by atoms with Gasteiger partial charge in [-0.25, -0.2) is 0 Å². The maximum absolute atomic E-state index is 12.1. The highest BCUT2D eigenvalue weighted by Gasteiger charge is 2.11. The number of carbonyl (C=O) groups excluding carboxylic acids is 1. The van der Waals surface area contributed by atoms with Crippen LogP contribution in [-0.4, -0.2) is 20.6 Å². The number of Topliss-reactive ketones (excluding diaryl/α,β-unsaturated/α-hetero) is 1. The van der Waals surface area contributed by atoms with Gasteiger partial charge >= 0.3 is 0 Å². The quantitative estimate of drug-likeness (QED) is 0.405. The van der Waals surface area contributed by atoms with Gasteiger partial charge in [-0.2, -0.15) is 10.2 Å². The third kappa shape index (κ3) is 3.73. The van der Waals surface area contributed by atoms with E-state index in [1.54, 1.807) is 24.3 Å². The minimum absolute atomic E-state index is 0.188. The van der Waals surface area contributed by atoms with E-state index < -0.39 is 0 Å². The maximum Gasteiger partial charge on any atom is 0.220 e. The molecule has 6 heteroatoms. The summed E-state index contributed by atoms with van der Waals surface area (Å²) >= 11 is 3.19. The maximum atomic E-state index is 12.1. The van der Waals surface area contributed by atoms with Crippen LogP contribution in [-0.2, 0) is 0 Å². The van der Waals surface area contributed by atoms with Crippen molar-refractivity contribution in [2.45, 2.75) is 0 Å². The molecule has 0 bridgehead atoms. The number of aromatic amines is 1. The molecule has 0 amide bonds. The number of aromatic nitrogens is 2. The Hall–Kier alpha value is -2.73. The summed E-state index contributed by atoms with van der Waals surface area (Å²) in [6.07, 6.45) is 0. The number of nitrogens with one attached hydrogen (secondary N) is 2. The number of ketones is 1. The van der Waals surface area contributed by atoms with E-state index >= 15 is 0 Å². The van der Waals surface area contributed by atoms with Gasteiger partial charge in [0.25, 0.3) is 0 Å². The van der Waals surface area contributed by atoms with Crippen molar-refractivity contribution in [1.29, 1.82) is 0 Å². The van der Waals surface area contributed by atoms with Gasteiger partial charge in [0.1, 0.15) is 0 Å². The normalized spacial score (nSPS) is 11.3. The Labute approximate surface area is 141 Å². The largest absolute Gasteiger partial charge is 0.286 e. The molecule has 0 radical (unpaired) electrons. The molecule has 0 aliphatic rings. The number of hydrogen-bond acceptors (Lipinski definition) is 4. The molecule has 0 saturated carbocycles. The summed E-state index contributed by atoms with van der Waals surface area (Å²) in [4.78, 5) is 12.1. The molecule has 2 N–H and O–H groups in total. The first-order valence-corrected chi connectivity index (χ1v) is 7.73. The number of anilines is 1. The number of halogens is 1. The molecule has 5 nitrogen and oxygen atoms in total. The molecule has 0 saturated heterocycles. The molecule has 114 valence electrons. The number of benzene rings is 2. The second-order valence-corrected chi connectivity index (χ2v) is 5.49. The fourth-order valence-electron chi connectivity index (χ4n) is 2.01. The van der Waals surface area contributed by atoms with Crippen molar-refractivity contribution in [3.63, 3.8) is 0 Å². The number of H-pyrrole nitrogens is 1. The SMILES string of the molecule is O=C(/C(Br)=N/Nc1cc(-c2ccccc2)[nH]n1)c1ccccc1. The Bertz CT molecular complexity index is 828. The molecule has 0 unspecified atom stereocenters. The molecule has 0 aliphatic heterocycles. The van der Waals surface area contributed by atoms with E-state index in [0.29, 0.717) is 11.4 Å².